The molecule has 2 aromatic rings. The number of carboxylic acid groups (broad SMARTS) is 1. The van der Waals surface area contributed by atoms with Crippen molar-refractivity contribution in [2.24, 2.45) is 11.8 Å². The van der Waals surface area contributed by atoms with Gasteiger partial charge in [-0.2, -0.15) is 0 Å². The summed E-state index contributed by atoms with van der Waals surface area (Å²) < 4.78 is 0. The Kier molecular flexibility index (Phi) is 5.94. The van der Waals surface area contributed by atoms with Crippen molar-refractivity contribution in [3.63, 3.8) is 0 Å². The molecule has 7 heteroatoms. The van der Waals surface area contributed by atoms with Gasteiger partial charge < -0.3 is 10.0 Å². The van der Waals surface area contributed by atoms with Gasteiger partial charge in [0.2, 0.25) is 5.91 Å². The molecule has 2 heterocycles. The van der Waals surface area contributed by atoms with Gasteiger partial charge in [-0.3, -0.25) is 24.1 Å². The van der Waals surface area contributed by atoms with Gasteiger partial charge in [0.05, 0.1) is 29.0 Å². The summed E-state index contributed by atoms with van der Waals surface area (Å²) in [6.45, 7) is 0.702. The van der Waals surface area contributed by atoms with Gasteiger partial charge in [-0.1, -0.05) is 49.2 Å². The zero-order chi connectivity index (χ0) is 23.8. The molecule has 2 aliphatic heterocycles. The molecule has 0 spiro atoms. The summed E-state index contributed by atoms with van der Waals surface area (Å²) in [6, 6.07) is 14.5. The van der Waals surface area contributed by atoms with E-state index in [0.29, 0.717) is 43.4 Å². The fraction of sp³-hybridized carbons (Fsp3) is 0.407. The third kappa shape index (κ3) is 3.79. The average molecular weight is 461 g/mol. The lowest BCUT2D eigenvalue weighted by molar-refractivity contribution is -0.153. The number of carbonyl (C=O) groups excluding carboxylic acids is 3. The fourth-order valence-corrected chi connectivity index (χ4v) is 5.86. The van der Waals surface area contributed by atoms with Crippen LogP contribution >= 0.6 is 0 Å². The summed E-state index contributed by atoms with van der Waals surface area (Å²) in [5, 5.41) is 9.72. The molecule has 0 bridgehead atoms. The lowest BCUT2D eigenvalue weighted by Gasteiger charge is -2.41. The Labute approximate surface area is 198 Å². The topological polar surface area (TPSA) is 95.0 Å². The summed E-state index contributed by atoms with van der Waals surface area (Å²) in [4.78, 5) is 54.4. The quantitative estimate of drug-likeness (QED) is 0.687. The predicted molar refractivity (Wildman–Crippen MR) is 124 cm³/mol. The van der Waals surface area contributed by atoms with Crippen LogP contribution in [0.25, 0.3) is 0 Å². The van der Waals surface area contributed by atoms with E-state index in [4.69, 9.17) is 0 Å². The van der Waals surface area contributed by atoms with Crippen LogP contribution < -0.4 is 0 Å². The van der Waals surface area contributed by atoms with Crippen molar-refractivity contribution in [1.29, 1.82) is 0 Å². The van der Waals surface area contributed by atoms with E-state index in [9.17, 15) is 24.3 Å². The van der Waals surface area contributed by atoms with Crippen LogP contribution in [-0.4, -0.2) is 51.7 Å². The molecule has 0 aromatic heterocycles. The summed E-state index contributed by atoms with van der Waals surface area (Å²) in [5.74, 6) is -2.82. The van der Waals surface area contributed by atoms with Gasteiger partial charge >= 0.3 is 5.97 Å². The first kappa shape index (κ1) is 22.3. The number of hydrogen-bond acceptors (Lipinski definition) is 4. The first-order chi connectivity index (χ1) is 16.5. The Balaban J connectivity index is 1.41. The third-order valence-electron chi connectivity index (χ3n) is 7.60. The molecule has 1 saturated carbocycles. The van der Waals surface area contributed by atoms with E-state index in [1.165, 1.54) is 4.90 Å². The van der Waals surface area contributed by atoms with Crippen LogP contribution in [0.4, 0.5) is 0 Å². The van der Waals surface area contributed by atoms with E-state index in [1.807, 2.05) is 29.2 Å². The number of imide groups is 1. The molecular formula is C27H28N2O5. The molecule has 176 valence electrons. The Morgan fingerprint density at radius 2 is 1.50 bits per heavy atom. The molecule has 3 amide bonds. The van der Waals surface area contributed by atoms with Crippen LogP contribution in [0.15, 0.2) is 48.5 Å². The van der Waals surface area contributed by atoms with E-state index in [0.717, 1.165) is 24.0 Å². The summed E-state index contributed by atoms with van der Waals surface area (Å²) in [5.41, 5.74) is 2.99. The maximum atomic E-state index is 13.7. The van der Waals surface area contributed by atoms with E-state index >= 15 is 0 Å². The largest absolute Gasteiger partial charge is 0.481 e. The minimum Gasteiger partial charge on any atom is -0.481 e. The highest BCUT2D eigenvalue weighted by atomic mass is 16.4. The zero-order valence-corrected chi connectivity index (χ0v) is 19.0. The van der Waals surface area contributed by atoms with Gasteiger partial charge in [0, 0.05) is 13.1 Å². The number of hydrogen-bond donors (Lipinski definition) is 1. The highest BCUT2D eigenvalue weighted by molar-refractivity contribution is 6.21. The lowest BCUT2D eigenvalue weighted by Crippen LogP contribution is -2.47. The molecule has 7 nitrogen and oxygen atoms in total. The number of carboxylic acids is 1. The second-order valence-electron chi connectivity index (χ2n) is 9.43. The molecule has 0 unspecified atom stereocenters. The minimum absolute atomic E-state index is 0.117. The molecule has 1 aliphatic carbocycles. The number of carbonyl (C=O) groups is 4. The van der Waals surface area contributed by atoms with Crippen molar-refractivity contribution in [3.05, 3.63) is 70.8 Å². The molecule has 3 aliphatic rings. The van der Waals surface area contributed by atoms with E-state index in [2.05, 4.69) is 0 Å². The molecule has 0 radical (unpaired) electrons. The number of rotatable bonds is 5. The van der Waals surface area contributed by atoms with Crippen LogP contribution in [0.5, 0.6) is 0 Å². The monoisotopic (exact) mass is 460 g/mol. The number of aliphatic carboxylic acids is 1. The molecule has 2 aromatic carbocycles. The van der Waals surface area contributed by atoms with Crippen molar-refractivity contribution in [1.82, 2.24) is 9.80 Å². The van der Waals surface area contributed by atoms with E-state index in [1.54, 1.807) is 24.3 Å². The molecule has 1 N–H and O–H groups in total. The second kappa shape index (κ2) is 9.05. The zero-order valence-electron chi connectivity index (χ0n) is 19.0. The molecule has 3 atom stereocenters. The second-order valence-corrected chi connectivity index (χ2v) is 9.43. The van der Waals surface area contributed by atoms with Gasteiger partial charge in [-0.25, -0.2) is 0 Å². The van der Waals surface area contributed by atoms with Crippen molar-refractivity contribution in [2.45, 2.75) is 44.6 Å². The fourth-order valence-electron chi connectivity index (χ4n) is 5.86. The maximum Gasteiger partial charge on any atom is 0.307 e. The SMILES string of the molecule is O=C(O)[C@@H]1CCCC[C@@H]1C(=O)N1CCc2ccccc2[C@@H]1CCN1C(=O)c2ccccc2C1=O. The third-order valence-corrected chi connectivity index (χ3v) is 7.60. The van der Waals surface area contributed by atoms with Gasteiger partial charge in [0.15, 0.2) is 0 Å². The van der Waals surface area contributed by atoms with Crippen LogP contribution in [0.2, 0.25) is 0 Å². The number of nitrogens with zero attached hydrogens (tertiary/aromatic N) is 2. The first-order valence-corrected chi connectivity index (χ1v) is 12.0. The highest BCUT2D eigenvalue weighted by Crippen LogP contribution is 2.38. The number of fused-ring (bicyclic) bond motifs is 2. The highest BCUT2D eigenvalue weighted by Gasteiger charge is 2.42. The standard InChI is InChI=1S/C27H28N2O5/c30-24(21-11-5-6-12-22(21)27(33)34)28-15-13-17-7-1-2-8-18(17)23(28)14-16-29-25(31)19-9-3-4-10-20(19)26(29)32/h1-4,7-10,21-23H,5-6,11-16H2,(H,33,34)/t21-,22+,23-/m0/s1. The van der Waals surface area contributed by atoms with Crippen LogP contribution in [0, 0.1) is 11.8 Å². The lowest BCUT2D eigenvalue weighted by atomic mass is 9.77. The molecule has 5 rings (SSSR count). The molecular weight excluding hydrogens is 432 g/mol. The van der Waals surface area contributed by atoms with Crippen LogP contribution in [0.1, 0.15) is 70.0 Å². The smallest absolute Gasteiger partial charge is 0.307 e. The molecule has 1 fully saturated rings. The molecule has 34 heavy (non-hydrogen) atoms. The maximum absolute atomic E-state index is 13.7. The van der Waals surface area contributed by atoms with Gasteiger partial charge in [-0.05, 0) is 48.9 Å². The van der Waals surface area contributed by atoms with Gasteiger partial charge in [0.25, 0.3) is 11.8 Å². The minimum atomic E-state index is -0.905. The van der Waals surface area contributed by atoms with Crippen molar-refractivity contribution in [3.8, 4) is 0 Å². The first-order valence-electron chi connectivity index (χ1n) is 12.0. The van der Waals surface area contributed by atoms with E-state index in [-0.39, 0.29) is 30.3 Å². The Morgan fingerprint density at radius 1 is 0.882 bits per heavy atom. The van der Waals surface area contributed by atoms with Crippen LogP contribution in [0.3, 0.4) is 0 Å². The van der Waals surface area contributed by atoms with Crippen molar-refractivity contribution < 1.29 is 24.3 Å². The summed E-state index contributed by atoms with van der Waals surface area (Å²) >= 11 is 0. The van der Waals surface area contributed by atoms with Crippen molar-refractivity contribution in [2.75, 3.05) is 13.1 Å². The van der Waals surface area contributed by atoms with Crippen LogP contribution in [-0.2, 0) is 16.0 Å². The normalized spacial score (nSPS) is 24.1. The van der Waals surface area contributed by atoms with Gasteiger partial charge in [0.1, 0.15) is 0 Å². The van der Waals surface area contributed by atoms with Gasteiger partial charge in [-0.15, -0.1) is 0 Å². The average Bonchev–Trinajstić information content (AvgIpc) is 3.11. The summed E-state index contributed by atoms with van der Waals surface area (Å²) in [6.07, 6.45) is 3.90. The predicted octanol–water partition coefficient (Wildman–Crippen LogP) is 3.69. The Morgan fingerprint density at radius 3 is 2.18 bits per heavy atom. The summed E-state index contributed by atoms with van der Waals surface area (Å²) in [7, 11) is 0. The number of amides is 3. The van der Waals surface area contributed by atoms with E-state index < -0.39 is 17.8 Å². The Hall–Kier alpha value is -3.48. The molecule has 0 saturated heterocycles. The number of benzene rings is 2. The van der Waals surface area contributed by atoms with Crippen molar-refractivity contribution >= 4 is 23.7 Å². The Bertz CT molecular complexity index is 1120.